The number of ether oxygens (including phenoxy) is 1. The smallest absolute Gasteiger partial charge is 0.227 e. The first-order valence-electron chi connectivity index (χ1n) is 10.1. The van der Waals surface area contributed by atoms with E-state index in [9.17, 15) is 8.78 Å². The second kappa shape index (κ2) is 8.28. The van der Waals surface area contributed by atoms with Crippen LogP contribution in [0.15, 0.2) is 66.9 Å². The minimum Gasteiger partial charge on any atom is -0.378 e. The fourth-order valence-corrected chi connectivity index (χ4v) is 3.78. The molecule has 31 heavy (non-hydrogen) atoms. The van der Waals surface area contributed by atoms with E-state index in [2.05, 4.69) is 20.2 Å². The van der Waals surface area contributed by atoms with E-state index in [1.165, 1.54) is 18.2 Å². The average molecular weight is 418 g/mol. The molecule has 0 radical (unpaired) electrons. The standard InChI is InChI=1S/C24H20F2N4O/c25-20-5-2-6-21(26)22(20)19-4-1-3-16-15-27-24(29-23(16)19)28-17-7-9-18(10-8-17)30-11-13-31-14-12-30/h1-10,15H,11-14H2,(H,27,28,29). The van der Waals surface area contributed by atoms with E-state index in [1.807, 2.05) is 30.3 Å². The minimum atomic E-state index is -0.626. The van der Waals surface area contributed by atoms with Crippen LogP contribution in [0.2, 0.25) is 0 Å². The Balaban J connectivity index is 1.46. The van der Waals surface area contributed by atoms with Crippen molar-refractivity contribution in [2.45, 2.75) is 0 Å². The first-order valence-corrected chi connectivity index (χ1v) is 10.1. The summed E-state index contributed by atoms with van der Waals surface area (Å²) in [5, 5.41) is 3.88. The molecule has 1 aromatic heterocycles. The lowest BCUT2D eigenvalue weighted by atomic mass is 10.0. The molecule has 2 heterocycles. The third kappa shape index (κ3) is 3.92. The van der Waals surface area contributed by atoms with Gasteiger partial charge in [0.05, 0.1) is 24.3 Å². The molecule has 5 nitrogen and oxygen atoms in total. The lowest BCUT2D eigenvalue weighted by molar-refractivity contribution is 0.122. The quantitative estimate of drug-likeness (QED) is 0.496. The van der Waals surface area contributed by atoms with Crippen molar-refractivity contribution in [2.24, 2.45) is 0 Å². The van der Waals surface area contributed by atoms with Gasteiger partial charge in [-0.1, -0.05) is 24.3 Å². The Morgan fingerprint density at radius 1 is 0.871 bits per heavy atom. The van der Waals surface area contributed by atoms with Crippen molar-refractivity contribution < 1.29 is 13.5 Å². The Hall–Kier alpha value is -3.58. The zero-order valence-corrected chi connectivity index (χ0v) is 16.7. The maximum atomic E-state index is 14.4. The zero-order valence-electron chi connectivity index (χ0n) is 16.7. The highest BCUT2D eigenvalue weighted by molar-refractivity contribution is 5.94. The van der Waals surface area contributed by atoms with Crippen LogP contribution in [0.5, 0.6) is 0 Å². The third-order valence-electron chi connectivity index (χ3n) is 5.34. The average Bonchev–Trinajstić information content (AvgIpc) is 2.80. The van der Waals surface area contributed by atoms with Crippen molar-refractivity contribution in [3.8, 4) is 11.1 Å². The zero-order chi connectivity index (χ0) is 21.2. The van der Waals surface area contributed by atoms with Crippen LogP contribution in [0.25, 0.3) is 22.0 Å². The van der Waals surface area contributed by atoms with E-state index >= 15 is 0 Å². The number of fused-ring (bicyclic) bond motifs is 1. The number of rotatable bonds is 4. The van der Waals surface area contributed by atoms with Crippen molar-refractivity contribution in [2.75, 3.05) is 36.5 Å². The van der Waals surface area contributed by atoms with Crippen LogP contribution in [-0.4, -0.2) is 36.3 Å². The molecule has 0 aliphatic carbocycles. The molecule has 0 bridgehead atoms. The molecule has 1 fully saturated rings. The van der Waals surface area contributed by atoms with E-state index in [1.54, 1.807) is 18.3 Å². The number of para-hydroxylation sites is 1. The summed E-state index contributed by atoms with van der Waals surface area (Å²) in [5.74, 6) is -0.894. The van der Waals surface area contributed by atoms with Gasteiger partial charge >= 0.3 is 0 Å². The van der Waals surface area contributed by atoms with Crippen LogP contribution >= 0.6 is 0 Å². The molecule has 1 aliphatic rings. The lowest BCUT2D eigenvalue weighted by Gasteiger charge is -2.28. The minimum absolute atomic E-state index is 0.0902. The van der Waals surface area contributed by atoms with Gasteiger partial charge in [-0.2, -0.15) is 0 Å². The number of morpholine rings is 1. The largest absolute Gasteiger partial charge is 0.378 e. The molecule has 0 amide bonds. The number of anilines is 3. The Bertz CT molecular complexity index is 1200. The van der Waals surface area contributed by atoms with Crippen LogP contribution in [0.3, 0.4) is 0 Å². The van der Waals surface area contributed by atoms with Gasteiger partial charge in [0.1, 0.15) is 11.6 Å². The summed E-state index contributed by atoms with van der Waals surface area (Å²) in [6, 6.07) is 17.1. The molecule has 4 aromatic rings. The number of hydrogen-bond acceptors (Lipinski definition) is 5. The van der Waals surface area contributed by atoms with E-state index < -0.39 is 11.6 Å². The van der Waals surface area contributed by atoms with Gasteiger partial charge in [0.15, 0.2) is 0 Å². The topological polar surface area (TPSA) is 50.3 Å². The van der Waals surface area contributed by atoms with Gasteiger partial charge in [0.25, 0.3) is 0 Å². The van der Waals surface area contributed by atoms with Crippen molar-refractivity contribution >= 4 is 28.2 Å². The van der Waals surface area contributed by atoms with Gasteiger partial charge in [0, 0.05) is 41.6 Å². The van der Waals surface area contributed by atoms with Crippen molar-refractivity contribution in [1.29, 1.82) is 0 Å². The molecule has 1 saturated heterocycles. The first-order chi connectivity index (χ1) is 15.2. The number of hydrogen-bond donors (Lipinski definition) is 1. The summed E-state index contributed by atoms with van der Waals surface area (Å²) in [5.41, 5.74) is 2.74. The summed E-state index contributed by atoms with van der Waals surface area (Å²) in [4.78, 5) is 11.2. The molecule has 3 aromatic carbocycles. The summed E-state index contributed by atoms with van der Waals surface area (Å²) in [6.07, 6.45) is 1.65. The normalized spacial score (nSPS) is 14.1. The number of nitrogens with zero attached hydrogens (tertiary/aromatic N) is 3. The van der Waals surface area contributed by atoms with Crippen molar-refractivity contribution in [3.05, 3.63) is 78.5 Å². The summed E-state index contributed by atoms with van der Waals surface area (Å²) < 4.78 is 34.2. The van der Waals surface area contributed by atoms with E-state index in [-0.39, 0.29) is 5.56 Å². The summed E-state index contributed by atoms with van der Waals surface area (Å²) in [6.45, 7) is 3.21. The highest BCUT2D eigenvalue weighted by Crippen LogP contribution is 2.32. The molecule has 1 aliphatic heterocycles. The molecular weight excluding hydrogens is 398 g/mol. The second-order valence-corrected chi connectivity index (χ2v) is 7.30. The molecule has 0 atom stereocenters. The van der Waals surface area contributed by atoms with Crippen LogP contribution in [-0.2, 0) is 4.74 Å². The van der Waals surface area contributed by atoms with Gasteiger partial charge in [-0.05, 0) is 36.4 Å². The van der Waals surface area contributed by atoms with Crippen LogP contribution in [0.1, 0.15) is 0 Å². The highest BCUT2D eigenvalue weighted by atomic mass is 19.1. The Kier molecular flexibility index (Phi) is 5.18. The molecule has 0 saturated carbocycles. The lowest BCUT2D eigenvalue weighted by Crippen LogP contribution is -2.36. The predicted octanol–water partition coefficient (Wildman–Crippen LogP) is 5.16. The highest BCUT2D eigenvalue weighted by Gasteiger charge is 2.15. The summed E-state index contributed by atoms with van der Waals surface area (Å²) in [7, 11) is 0. The Labute approximate surface area is 178 Å². The van der Waals surface area contributed by atoms with Gasteiger partial charge in [-0.25, -0.2) is 18.7 Å². The maximum absolute atomic E-state index is 14.4. The number of benzene rings is 3. The van der Waals surface area contributed by atoms with Crippen LogP contribution in [0.4, 0.5) is 26.1 Å². The Morgan fingerprint density at radius 3 is 2.32 bits per heavy atom. The maximum Gasteiger partial charge on any atom is 0.227 e. The van der Waals surface area contributed by atoms with Gasteiger partial charge < -0.3 is 15.0 Å². The number of aromatic nitrogens is 2. The molecule has 1 N–H and O–H groups in total. The van der Waals surface area contributed by atoms with Crippen molar-refractivity contribution in [3.63, 3.8) is 0 Å². The molecule has 7 heteroatoms. The SMILES string of the molecule is Fc1cccc(F)c1-c1cccc2cnc(Nc3ccc(N4CCOCC4)cc3)nc12. The molecular formula is C24H20F2N4O. The summed E-state index contributed by atoms with van der Waals surface area (Å²) >= 11 is 0. The molecule has 156 valence electrons. The molecule has 0 spiro atoms. The molecule has 0 unspecified atom stereocenters. The van der Waals surface area contributed by atoms with Crippen LogP contribution < -0.4 is 10.2 Å². The number of nitrogens with one attached hydrogen (secondary N) is 1. The van der Waals surface area contributed by atoms with Gasteiger partial charge in [0.2, 0.25) is 5.95 Å². The Morgan fingerprint density at radius 2 is 1.58 bits per heavy atom. The van der Waals surface area contributed by atoms with Gasteiger partial charge in [-0.15, -0.1) is 0 Å². The van der Waals surface area contributed by atoms with Gasteiger partial charge in [-0.3, -0.25) is 0 Å². The fourth-order valence-electron chi connectivity index (χ4n) is 3.78. The third-order valence-corrected chi connectivity index (χ3v) is 5.34. The second-order valence-electron chi connectivity index (χ2n) is 7.30. The van der Waals surface area contributed by atoms with E-state index in [0.29, 0.717) is 22.4 Å². The first kappa shape index (κ1) is 19.4. The molecule has 5 rings (SSSR count). The predicted molar refractivity (Wildman–Crippen MR) is 118 cm³/mol. The monoisotopic (exact) mass is 418 g/mol. The van der Waals surface area contributed by atoms with Crippen molar-refractivity contribution in [1.82, 2.24) is 9.97 Å². The van der Waals surface area contributed by atoms with Crippen LogP contribution in [0, 0.1) is 11.6 Å². The number of halogens is 2. The van der Waals surface area contributed by atoms with E-state index in [0.717, 1.165) is 37.7 Å². The fraction of sp³-hybridized carbons (Fsp3) is 0.167. The van der Waals surface area contributed by atoms with E-state index in [4.69, 9.17) is 4.74 Å².